The Hall–Kier alpha value is -1.62. The van der Waals surface area contributed by atoms with Gasteiger partial charge >= 0.3 is 0 Å². The van der Waals surface area contributed by atoms with Crippen molar-refractivity contribution in [2.75, 3.05) is 11.1 Å². The molecule has 0 saturated carbocycles. The van der Waals surface area contributed by atoms with Gasteiger partial charge in [0.15, 0.2) is 17.7 Å². The molecule has 8 nitrogen and oxygen atoms in total. The normalized spacial score (nSPS) is 27.0. The number of halogens is 2. The SMILES string of the molecule is CC1(C)O[C@@H]2[C@H](O1)[C@@H](CS)O[C@H]2n1ncc2c(NCc3ccccc3Cl)nc(Cl)nc21. The number of rotatable bonds is 5. The van der Waals surface area contributed by atoms with Gasteiger partial charge in [-0.1, -0.05) is 29.8 Å². The minimum Gasteiger partial charge on any atom is -0.365 e. The quantitative estimate of drug-likeness (QED) is 0.419. The number of anilines is 1. The van der Waals surface area contributed by atoms with Crippen molar-refractivity contribution in [1.82, 2.24) is 19.7 Å². The van der Waals surface area contributed by atoms with Crippen LogP contribution in [0.3, 0.4) is 0 Å². The van der Waals surface area contributed by atoms with Gasteiger partial charge in [-0.3, -0.25) is 0 Å². The Balaban J connectivity index is 1.48. The number of nitrogens with one attached hydrogen (secondary N) is 1. The summed E-state index contributed by atoms with van der Waals surface area (Å²) in [5.41, 5.74) is 1.48. The first kappa shape index (κ1) is 21.2. The largest absolute Gasteiger partial charge is 0.365 e. The Bertz CT molecular complexity index is 1130. The van der Waals surface area contributed by atoms with Crippen molar-refractivity contribution < 1.29 is 14.2 Å². The van der Waals surface area contributed by atoms with Crippen LogP contribution in [0.1, 0.15) is 25.6 Å². The molecule has 0 amide bonds. The van der Waals surface area contributed by atoms with E-state index in [1.54, 1.807) is 10.9 Å². The van der Waals surface area contributed by atoms with E-state index in [9.17, 15) is 0 Å². The zero-order chi connectivity index (χ0) is 21.8. The number of hydrogen-bond acceptors (Lipinski definition) is 8. The van der Waals surface area contributed by atoms with E-state index in [0.29, 0.717) is 34.2 Å². The van der Waals surface area contributed by atoms with Gasteiger partial charge < -0.3 is 19.5 Å². The zero-order valence-electron chi connectivity index (χ0n) is 16.8. The van der Waals surface area contributed by atoms with Crippen LogP contribution in [0.15, 0.2) is 30.5 Å². The zero-order valence-corrected chi connectivity index (χ0v) is 19.2. The van der Waals surface area contributed by atoms with Crippen LogP contribution in [-0.2, 0) is 20.8 Å². The predicted octanol–water partition coefficient (Wildman–Crippen LogP) is 4.09. The van der Waals surface area contributed by atoms with Crippen LogP contribution >= 0.6 is 35.8 Å². The molecule has 2 aliphatic heterocycles. The first-order valence-electron chi connectivity index (χ1n) is 9.86. The highest BCUT2D eigenvalue weighted by molar-refractivity contribution is 7.80. The van der Waals surface area contributed by atoms with Crippen LogP contribution in [0.25, 0.3) is 11.0 Å². The van der Waals surface area contributed by atoms with Crippen LogP contribution in [0, 0.1) is 0 Å². The van der Waals surface area contributed by atoms with Crippen LogP contribution in [-0.4, -0.2) is 49.6 Å². The Morgan fingerprint density at radius 2 is 1.94 bits per heavy atom. The highest BCUT2D eigenvalue weighted by Gasteiger charge is 2.56. The average molecular weight is 482 g/mol. The van der Waals surface area contributed by atoms with Gasteiger partial charge in [0, 0.05) is 17.3 Å². The highest BCUT2D eigenvalue weighted by Crippen LogP contribution is 2.44. The van der Waals surface area contributed by atoms with Crippen molar-refractivity contribution in [3.63, 3.8) is 0 Å². The summed E-state index contributed by atoms with van der Waals surface area (Å²) in [5, 5.41) is 9.30. The van der Waals surface area contributed by atoms with Crippen molar-refractivity contribution in [1.29, 1.82) is 0 Å². The maximum atomic E-state index is 6.27. The molecule has 0 unspecified atom stereocenters. The van der Waals surface area contributed by atoms with Crippen molar-refractivity contribution >= 4 is 52.7 Å². The molecule has 2 aromatic heterocycles. The molecule has 5 rings (SSSR count). The first-order chi connectivity index (χ1) is 14.9. The van der Waals surface area contributed by atoms with Crippen LogP contribution < -0.4 is 5.32 Å². The molecule has 1 aromatic carbocycles. The van der Waals surface area contributed by atoms with E-state index in [1.165, 1.54) is 0 Å². The monoisotopic (exact) mass is 481 g/mol. The third-order valence-corrected chi connectivity index (χ3v) is 6.27. The molecule has 4 atom stereocenters. The Morgan fingerprint density at radius 1 is 1.16 bits per heavy atom. The number of nitrogens with zero attached hydrogens (tertiary/aromatic N) is 4. The van der Waals surface area contributed by atoms with Gasteiger partial charge in [0.2, 0.25) is 5.28 Å². The first-order valence-corrected chi connectivity index (χ1v) is 11.2. The second kappa shape index (κ2) is 8.06. The molecule has 2 fully saturated rings. The summed E-state index contributed by atoms with van der Waals surface area (Å²) < 4.78 is 20.0. The molecular weight excluding hydrogens is 461 g/mol. The average Bonchev–Trinajstić information content (AvgIpc) is 3.37. The third-order valence-electron chi connectivity index (χ3n) is 5.38. The van der Waals surface area contributed by atoms with Gasteiger partial charge in [-0.05, 0) is 37.1 Å². The van der Waals surface area contributed by atoms with Crippen molar-refractivity contribution in [2.24, 2.45) is 0 Å². The summed E-state index contributed by atoms with van der Waals surface area (Å²) in [6.45, 7) is 4.24. The van der Waals surface area contributed by atoms with Crippen molar-refractivity contribution in [3.05, 3.63) is 46.3 Å². The van der Waals surface area contributed by atoms with E-state index in [0.717, 1.165) is 5.56 Å². The van der Waals surface area contributed by atoms with Crippen LogP contribution in [0.5, 0.6) is 0 Å². The molecule has 1 N–H and O–H groups in total. The fourth-order valence-corrected chi connectivity index (χ4v) is 4.70. The summed E-state index contributed by atoms with van der Waals surface area (Å²) in [6, 6.07) is 7.61. The van der Waals surface area contributed by atoms with Crippen molar-refractivity contribution in [2.45, 2.75) is 50.7 Å². The maximum Gasteiger partial charge on any atom is 0.226 e. The van der Waals surface area contributed by atoms with Gasteiger partial charge in [0.25, 0.3) is 0 Å². The molecule has 11 heteroatoms. The smallest absolute Gasteiger partial charge is 0.226 e. The van der Waals surface area contributed by atoms with Gasteiger partial charge in [-0.2, -0.15) is 27.7 Å². The summed E-state index contributed by atoms with van der Waals surface area (Å²) >= 11 is 16.9. The molecule has 0 bridgehead atoms. The standard InChI is InChI=1S/C20H21Cl2N5O3S/c1-20(2)29-14-13(9-31)28-18(15(14)30-20)27-17-11(8-24-27)16(25-19(22)26-17)23-7-10-5-3-4-6-12(10)21/h3-6,8,13-15,18,31H,7,9H2,1-2H3,(H,23,25,26)/t13-,14-,15-,18-/m1/s1. The number of fused-ring (bicyclic) bond motifs is 2. The van der Waals surface area contributed by atoms with Crippen LogP contribution in [0.2, 0.25) is 10.3 Å². The fourth-order valence-electron chi connectivity index (χ4n) is 4.04. The summed E-state index contributed by atoms with van der Waals surface area (Å²) in [7, 11) is 0. The second-order valence-corrected chi connectivity index (χ2v) is 9.04. The fraction of sp³-hybridized carbons (Fsp3) is 0.450. The predicted molar refractivity (Wildman–Crippen MR) is 121 cm³/mol. The Morgan fingerprint density at radius 3 is 2.71 bits per heavy atom. The molecule has 0 radical (unpaired) electrons. The minimum atomic E-state index is -0.712. The lowest BCUT2D eigenvalue weighted by Gasteiger charge is -2.23. The number of thiol groups is 1. The van der Waals surface area contributed by atoms with Crippen LogP contribution in [0.4, 0.5) is 5.82 Å². The summed E-state index contributed by atoms with van der Waals surface area (Å²) in [4.78, 5) is 8.75. The lowest BCUT2D eigenvalue weighted by molar-refractivity contribution is -0.195. The number of hydrogen-bond donors (Lipinski definition) is 2. The molecular formula is C20H21Cl2N5O3S. The lowest BCUT2D eigenvalue weighted by Crippen LogP contribution is -2.30. The third kappa shape index (κ3) is 3.88. The van der Waals surface area contributed by atoms with Gasteiger partial charge in [0.05, 0.1) is 17.7 Å². The molecule has 0 spiro atoms. The van der Waals surface area contributed by atoms with Gasteiger partial charge in [-0.25, -0.2) is 4.68 Å². The number of aromatic nitrogens is 4. The maximum absolute atomic E-state index is 6.27. The van der Waals surface area contributed by atoms with Crippen molar-refractivity contribution in [3.8, 4) is 0 Å². The van der Waals surface area contributed by atoms with E-state index >= 15 is 0 Å². The molecule has 4 heterocycles. The minimum absolute atomic E-state index is 0.0973. The van der Waals surface area contributed by atoms with E-state index in [1.807, 2.05) is 38.1 Å². The Kier molecular flexibility index (Phi) is 5.52. The lowest BCUT2D eigenvalue weighted by atomic mass is 10.1. The molecule has 31 heavy (non-hydrogen) atoms. The Labute approximate surface area is 194 Å². The summed E-state index contributed by atoms with van der Waals surface area (Å²) in [6.07, 6.45) is 0.349. The molecule has 164 valence electrons. The van der Waals surface area contributed by atoms with E-state index in [-0.39, 0.29) is 23.6 Å². The molecule has 2 aliphatic rings. The van der Waals surface area contributed by atoms with E-state index in [4.69, 9.17) is 37.4 Å². The van der Waals surface area contributed by atoms with E-state index < -0.39 is 12.0 Å². The topological polar surface area (TPSA) is 83.3 Å². The molecule has 2 saturated heterocycles. The van der Waals surface area contributed by atoms with Gasteiger partial charge in [0.1, 0.15) is 18.0 Å². The van der Waals surface area contributed by atoms with Gasteiger partial charge in [-0.15, -0.1) is 0 Å². The van der Waals surface area contributed by atoms with E-state index in [2.05, 4.69) is 33.0 Å². The highest BCUT2D eigenvalue weighted by atomic mass is 35.5. The number of ether oxygens (including phenoxy) is 3. The molecule has 0 aliphatic carbocycles. The second-order valence-electron chi connectivity index (χ2n) is 7.93. The summed E-state index contributed by atoms with van der Waals surface area (Å²) in [5.74, 6) is 0.345. The molecule has 3 aromatic rings. The number of benzene rings is 1.